The predicted molar refractivity (Wildman–Crippen MR) is 52.7 cm³/mol. The van der Waals surface area contributed by atoms with Gasteiger partial charge in [-0.1, -0.05) is 17.0 Å². The van der Waals surface area contributed by atoms with Gasteiger partial charge in [0.15, 0.2) is 0 Å². The average Bonchev–Trinajstić information content (AvgIpc) is 2.18. The number of nitrogens with zero attached hydrogens (tertiary/aromatic N) is 3. The van der Waals surface area contributed by atoms with E-state index in [4.69, 9.17) is 5.53 Å². The molecule has 0 amide bonds. The van der Waals surface area contributed by atoms with Crippen molar-refractivity contribution in [1.29, 1.82) is 0 Å². The van der Waals surface area contributed by atoms with Gasteiger partial charge in [-0.3, -0.25) is 4.79 Å². The summed E-state index contributed by atoms with van der Waals surface area (Å²) in [6, 6.07) is 1.68. The van der Waals surface area contributed by atoms with Crippen LogP contribution >= 0.6 is 0 Å². The SMILES string of the molecule is Cc1c[nH]c(=O)c(C#CCN=[N+]=[N-])c1. The fourth-order valence-electron chi connectivity index (χ4n) is 0.887. The molecule has 1 rings (SSSR count). The van der Waals surface area contributed by atoms with Crippen LogP contribution in [0.5, 0.6) is 0 Å². The number of hydrogen-bond acceptors (Lipinski definition) is 2. The average molecular weight is 188 g/mol. The van der Waals surface area contributed by atoms with Crippen molar-refractivity contribution in [2.45, 2.75) is 6.92 Å². The molecule has 0 fully saturated rings. The van der Waals surface area contributed by atoms with E-state index in [0.29, 0.717) is 5.56 Å². The van der Waals surface area contributed by atoms with E-state index in [0.717, 1.165) is 5.56 Å². The van der Waals surface area contributed by atoms with Gasteiger partial charge in [0, 0.05) is 11.1 Å². The second-order valence-corrected chi connectivity index (χ2v) is 2.61. The summed E-state index contributed by atoms with van der Waals surface area (Å²) in [6.45, 7) is 1.93. The molecule has 1 N–H and O–H groups in total. The van der Waals surface area contributed by atoms with Crippen LogP contribution in [0.2, 0.25) is 0 Å². The Morgan fingerprint density at radius 3 is 3.21 bits per heavy atom. The lowest BCUT2D eigenvalue weighted by molar-refractivity contribution is 1.18. The van der Waals surface area contributed by atoms with Gasteiger partial charge >= 0.3 is 0 Å². The molecule has 1 aromatic heterocycles. The topological polar surface area (TPSA) is 81.6 Å². The molecule has 1 aromatic rings. The standard InChI is InChI=1S/C9H8N4O/c1-7-5-8(9(14)11-6-7)3-2-4-12-13-10/h5-6H,4H2,1H3,(H,11,14). The minimum Gasteiger partial charge on any atom is -0.328 e. The first-order chi connectivity index (χ1) is 6.74. The first kappa shape index (κ1) is 9.90. The van der Waals surface area contributed by atoms with Crippen molar-refractivity contribution in [2.24, 2.45) is 5.11 Å². The summed E-state index contributed by atoms with van der Waals surface area (Å²) in [6.07, 6.45) is 1.61. The van der Waals surface area contributed by atoms with E-state index in [-0.39, 0.29) is 12.1 Å². The zero-order valence-electron chi connectivity index (χ0n) is 7.61. The summed E-state index contributed by atoms with van der Waals surface area (Å²) in [4.78, 5) is 16.3. The molecule has 0 atom stereocenters. The van der Waals surface area contributed by atoms with Crippen molar-refractivity contribution in [3.63, 3.8) is 0 Å². The summed E-state index contributed by atoms with van der Waals surface area (Å²) >= 11 is 0. The number of H-pyrrole nitrogens is 1. The molecule has 14 heavy (non-hydrogen) atoms. The molecule has 0 aliphatic rings. The van der Waals surface area contributed by atoms with Crippen LogP contribution in [0.4, 0.5) is 0 Å². The molecule has 0 saturated heterocycles. The molecule has 5 heteroatoms. The number of rotatable bonds is 1. The van der Waals surface area contributed by atoms with E-state index in [1.54, 1.807) is 12.3 Å². The monoisotopic (exact) mass is 188 g/mol. The Labute approximate surface area is 80.4 Å². The number of aromatic nitrogens is 1. The van der Waals surface area contributed by atoms with Crippen molar-refractivity contribution < 1.29 is 0 Å². The molecule has 0 bridgehead atoms. The number of azide groups is 1. The number of pyridine rings is 1. The second-order valence-electron chi connectivity index (χ2n) is 2.61. The van der Waals surface area contributed by atoms with E-state index in [1.165, 1.54) is 0 Å². The molecule has 1 heterocycles. The highest BCUT2D eigenvalue weighted by Gasteiger charge is 1.93. The number of aromatic amines is 1. The number of hydrogen-bond donors (Lipinski definition) is 1. The van der Waals surface area contributed by atoms with Crippen LogP contribution in [0, 0.1) is 18.8 Å². The molecular formula is C9H8N4O. The maximum absolute atomic E-state index is 11.2. The van der Waals surface area contributed by atoms with Crippen molar-refractivity contribution in [1.82, 2.24) is 4.98 Å². The highest BCUT2D eigenvalue weighted by molar-refractivity contribution is 5.34. The largest absolute Gasteiger partial charge is 0.328 e. The van der Waals surface area contributed by atoms with Crippen LogP contribution in [0.3, 0.4) is 0 Å². The van der Waals surface area contributed by atoms with Crippen molar-refractivity contribution in [3.8, 4) is 11.8 Å². The zero-order chi connectivity index (χ0) is 10.4. The highest BCUT2D eigenvalue weighted by atomic mass is 16.1. The molecule has 0 aliphatic carbocycles. The molecule has 0 aliphatic heterocycles. The molecule has 5 nitrogen and oxygen atoms in total. The Morgan fingerprint density at radius 1 is 1.71 bits per heavy atom. The van der Waals surface area contributed by atoms with Crippen molar-refractivity contribution in [3.05, 3.63) is 44.2 Å². The van der Waals surface area contributed by atoms with Crippen LogP contribution in [0.1, 0.15) is 11.1 Å². The van der Waals surface area contributed by atoms with E-state index in [9.17, 15) is 4.79 Å². The number of nitrogens with one attached hydrogen (secondary N) is 1. The van der Waals surface area contributed by atoms with Crippen LogP contribution in [-0.2, 0) is 0 Å². The van der Waals surface area contributed by atoms with Gasteiger partial charge in [0.25, 0.3) is 5.56 Å². The first-order valence-electron chi connectivity index (χ1n) is 3.93. The summed E-state index contributed by atoms with van der Waals surface area (Å²) in [5.41, 5.74) is 9.07. The normalized spacial score (nSPS) is 8.36. The second kappa shape index (κ2) is 4.75. The molecule has 0 radical (unpaired) electrons. The summed E-state index contributed by atoms with van der Waals surface area (Å²) < 4.78 is 0. The summed E-state index contributed by atoms with van der Waals surface area (Å²) in [7, 11) is 0. The quantitative estimate of drug-likeness (QED) is 0.307. The third kappa shape index (κ3) is 2.70. The van der Waals surface area contributed by atoms with Gasteiger partial charge < -0.3 is 4.98 Å². The number of aryl methyl sites for hydroxylation is 1. The molecule has 70 valence electrons. The lowest BCUT2D eigenvalue weighted by atomic mass is 10.2. The summed E-state index contributed by atoms with van der Waals surface area (Å²) in [5, 5.41) is 3.23. The van der Waals surface area contributed by atoms with Crippen LogP contribution in [-0.4, -0.2) is 11.5 Å². The Bertz CT molecular complexity index is 486. The minimum atomic E-state index is -0.232. The van der Waals surface area contributed by atoms with Gasteiger partial charge in [-0.25, -0.2) is 0 Å². The molecule has 0 saturated carbocycles. The maximum atomic E-state index is 11.2. The fraction of sp³-hybridized carbons (Fsp3) is 0.222. The van der Waals surface area contributed by atoms with Gasteiger partial charge in [0.1, 0.15) is 0 Å². The van der Waals surface area contributed by atoms with Gasteiger partial charge in [0.05, 0.1) is 12.1 Å². The Hall–Kier alpha value is -2.18. The predicted octanol–water partition coefficient (Wildman–Crippen LogP) is 1.35. The Kier molecular flexibility index (Phi) is 3.36. The first-order valence-corrected chi connectivity index (χ1v) is 3.93. The lowest BCUT2D eigenvalue weighted by Crippen LogP contribution is -2.09. The highest BCUT2D eigenvalue weighted by Crippen LogP contribution is 1.93. The van der Waals surface area contributed by atoms with Crippen LogP contribution < -0.4 is 5.56 Å². The van der Waals surface area contributed by atoms with Crippen molar-refractivity contribution >= 4 is 0 Å². The molecular weight excluding hydrogens is 180 g/mol. The fourth-order valence-corrected chi connectivity index (χ4v) is 0.887. The van der Waals surface area contributed by atoms with E-state index in [1.807, 2.05) is 6.92 Å². The van der Waals surface area contributed by atoms with E-state index in [2.05, 4.69) is 26.9 Å². The van der Waals surface area contributed by atoms with Gasteiger partial charge in [-0.05, 0) is 24.1 Å². The van der Waals surface area contributed by atoms with Crippen LogP contribution in [0.15, 0.2) is 22.2 Å². The molecule has 0 aromatic carbocycles. The van der Waals surface area contributed by atoms with Gasteiger partial charge in [0.2, 0.25) is 0 Å². The third-order valence-electron chi connectivity index (χ3n) is 1.48. The zero-order valence-corrected chi connectivity index (χ0v) is 7.61. The Morgan fingerprint density at radius 2 is 2.50 bits per heavy atom. The molecule has 0 unspecified atom stereocenters. The van der Waals surface area contributed by atoms with Crippen molar-refractivity contribution in [2.75, 3.05) is 6.54 Å². The minimum absolute atomic E-state index is 0.0733. The smallest absolute Gasteiger partial charge is 0.263 e. The lowest BCUT2D eigenvalue weighted by Gasteiger charge is -1.91. The maximum Gasteiger partial charge on any atom is 0.263 e. The van der Waals surface area contributed by atoms with Crippen LogP contribution in [0.25, 0.3) is 10.4 Å². The van der Waals surface area contributed by atoms with Gasteiger partial charge in [-0.15, -0.1) is 0 Å². The summed E-state index contributed by atoms with van der Waals surface area (Å²) in [5.74, 6) is 5.21. The Balaban J connectivity index is 2.94. The van der Waals surface area contributed by atoms with E-state index < -0.39 is 0 Å². The third-order valence-corrected chi connectivity index (χ3v) is 1.48. The van der Waals surface area contributed by atoms with E-state index >= 15 is 0 Å². The van der Waals surface area contributed by atoms with Gasteiger partial charge in [-0.2, -0.15) is 0 Å². The molecule has 0 spiro atoms.